The molecular weight excluding hydrogens is 210 g/mol. The number of hydrogen-bond donors (Lipinski definition) is 1. The fourth-order valence-corrected chi connectivity index (χ4v) is 2.37. The van der Waals surface area contributed by atoms with Crippen LogP contribution in [-0.4, -0.2) is 22.9 Å². The van der Waals surface area contributed by atoms with Crippen LogP contribution >= 0.6 is 12.4 Å². The van der Waals surface area contributed by atoms with Crippen molar-refractivity contribution in [3.05, 3.63) is 17.5 Å². The lowest BCUT2D eigenvalue weighted by molar-refractivity contribution is 0.431. The summed E-state index contributed by atoms with van der Waals surface area (Å²) in [4.78, 5) is 0. The van der Waals surface area contributed by atoms with Crippen LogP contribution in [0.5, 0.6) is 0 Å². The van der Waals surface area contributed by atoms with Gasteiger partial charge in [-0.15, -0.1) is 12.4 Å². The third kappa shape index (κ3) is 2.52. The molecule has 0 saturated carbocycles. The van der Waals surface area contributed by atoms with E-state index in [-0.39, 0.29) is 12.4 Å². The van der Waals surface area contributed by atoms with Gasteiger partial charge in [-0.2, -0.15) is 5.10 Å². The molecule has 0 aromatic carbocycles. The molecule has 3 nitrogen and oxygen atoms in total. The smallest absolute Gasteiger partial charge is 0.0521 e. The highest BCUT2D eigenvalue weighted by molar-refractivity contribution is 5.85. The fraction of sp³-hybridized carbons (Fsp3) is 0.727. The number of aromatic nitrogens is 2. The van der Waals surface area contributed by atoms with E-state index < -0.39 is 0 Å². The van der Waals surface area contributed by atoms with E-state index in [1.807, 2.05) is 6.20 Å². The van der Waals surface area contributed by atoms with E-state index in [1.54, 1.807) is 0 Å². The fourth-order valence-electron chi connectivity index (χ4n) is 2.37. The highest BCUT2D eigenvalue weighted by Gasteiger charge is 2.20. The lowest BCUT2D eigenvalue weighted by atomic mass is 9.92. The zero-order chi connectivity index (χ0) is 9.97. The molecule has 0 atom stereocenters. The van der Waals surface area contributed by atoms with Gasteiger partial charge in [0.25, 0.3) is 0 Å². The average molecular weight is 230 g/mol. The maximum Gasteiger partial charge on any atom is 0.0521 e. The van der Waals surface area contributed by atoms with Crippen molar-refractivity contribution in [1.82, 2.24) is 15.1 Å². The first kappa shape index (κ1) is 12.5. The van der Waals surface area contributed by atoms with Crippen LogP contribution in [0.4, 0.5) is 0 Å². The van der Waals surface area contributed by atoms with Crippen molar-refractivity contribution in [2.45, 2.75) is 39.2 Å². The van der Waals surface area contributed by atoms with Gasteiger partial charge >= 0.3 is 0 Å². The molecule has 1 aromatic heterocycles. The topological polar surface area (TPSA) is 29.9 Å². The van der Waals surface area contributed by atoms with Crippen LogP contribution in [0.3, 0.4) is 0 Å². The highest BCUT2D eigenvalue weighted by Crippen LogP contribution is 2.27. The van der Waals surface area contributed by atoms with E-state index in [1.165, 1.54) is 24.1 Å². The summed E-state index contributed by atoms with van der Waals surface area (Å²) in [6.45, 7) is 7.64. The molecule has 0 radical (unpaired) electrons. The van der Waals surface area contributed by atoms with E-state index in [0.717, 1.165) is 25.6 Å². The Hall–Kier alpha value is -0.540. The Morgan fingerprint density at radius 3 is 2.73 bits per heavy atom. The van der Waals surface area contributed by atoms with Crippen molar-refractivity contribution in [3.63, 3.8) is 0 Å². The molecule has 2 heterocycles. The minimum Gasteiger partial charge on any atom is -0.317 e. The zero-order valence-corrected chi connectivity index (χ0v) is 10.3. The number of nitrogens with one attached hydrogen (secondary N) is 1. The number of hydrogen-bond acceptors (Lipinski definition) is 2. The summed E-state index contributed by atoms with van der Waals surface area (Å²) in [5.41, 5.74) is 2.83. The van der Waals surface area contributed by atoms with Gasteiger partial charge in [-0.1, -0.05) is 0 Å². The molecule has 86 valence electrons. The van der Waals surface area contributed by atoms with Crippen molar-refractivity contribution < 1.29 is 0 Å². The minimum absolute atomic E-state index is 0. The standard InChI is InChI=1S/C11H19N3.ClH/c1-3-14-11(9(2)8-13-14)10-4-6-12-7-5-10;/h8,10,12H,3-7H2,1-2H3;1H. The van der Waals surface area contributed by atoms with E-state index in [2.05, 4.69) is 28.9 Å². The third-order valence-electron chi connectivity index (χ3n) is 3.10. The number of halogens is 1. The quantitative estimate of drug-likeness (QED) is 0.842. The van der Waals surface area contributed by atoms with Gasteiger partial charge in [0.05, 0.1) is 6.20 Å². The Bertz CT molecular complexity index is 303. The van der Waals surface area contributed by atoms with Gasteiger partial charge in [0.2, 0.25) is 0 Å². The maximum absolute atomic E-state index is 4.41. The lowest BCUT2D eigenvalue weighted by Crippen LogP contribution is -2.28. The van der Waals surface area contributed by atoms with E-state index in [0.29, 0.717) is 0 Å². The first-order valence-electron chi connectivity index (χ1n) is 5.56. The highest BCUT2D eigenvalue weighted by atomic mass is 35.5. The maximum atomic E-state index is 4.41. The molecule has 1 aliphatic heterocycles. The van der Waals surface area contributed by atoms with Crippen molar-refractivity contribution in [3.8, 4) is 0 Å². The van der Waals surface area contributed by atoms with Crippen molar-refractivity contribution in [2.24, 2.45) is 0 Å². The molecule has 2 rings (SSSR count). The van der Waals surface area contributed by atoms with Gasteiger partial charge in [-0.05, 0) is 45.3 Å². The van der Waals surface area contributed by atoms with Crippen LogP contribution in [0.25, 0.3) is 0 Å². The molecule has 4 heteroatoms. The second kappa shape index (κ2) is 5.52. The summed E-state index contributed by atoms with van der Waals surface area (Å²) in [5.74, 6) is 0.721. The Balaban J connectivity index is 0.00000112. The van der Waals surface area contributed by atoms with Gasteiger partial charge in [0, 0.05) is 18.2 Å². The molecule has 0 amide bonds. The van der Waals surface area contributed by atoms with Gasteiger partial charge in [0.15, 0.2) is 0 Å². The Labute approximate surface area is 97.7 Å². The van der Waals surface area contributed by atoms with Crippen LogP contribution in [0.2, 0.25) is 0 Å². The predicted molar refractivity (Wildman–Crippen MR) is 64.7 cm³/mol. The van der Waals surface area contributed by atoms with Crippen LogP contribution < -0.4 is 5.32 Å². The Morgan fingerprint density at radius 1 is 1.47 bits per heavy atom. The number of piperidine rings is 1. The zero-order valence-electron chi connectivity index (χ0n) is 9.49. The summed E-state index contributed by atoms with van der Waals surface area (Å²) in [7, 11) is 0. The largest absolute Gasteiger partial charge is 0.317 e. The summed E-state index contributed by atoms with van der Waals surface area (Å²) >= 11 is 0. The minimum atomic E-state index is 0. The van der Waals surface area contributed by atoms with E-state index in [4.69, 9.17) is 0 Å². The summed E-state index contributed by atoms with van der Waals surface area (Å²) in [5, 5.41) is 7.81. The van der Waals surface area contributed by atoms with Crippen LogP contribution in [0.15, 0.2) is 6.20 Å². The predicted octanol–water partition coefficient (Wildman–Crippen LogP) is 2.10. The molecular formula is C11H20ClN3. The van der Waals surface area contributed by atoms with Crippen molar-refractivity contribution in [1.29, 1.82) is 0 Å². The van der Waals surface area contributed by atoms with Crippen LogP contribution in [0, 0.1) is 6.92 Å². The second-order valence-electron chi connectivity index (χ2n) is 4.05. The summed E-state index contributed by atoms with van der Waals surface area (Å²) in [6, 6.07) is 0. The molecule has 1 fully saturated rings. The molecule has 1 aliphatic rings. The van der Waals surface area contributed by atoms with Gasteiger partial charge in [0.1, 0.15) is 0 Å². The molecule has 0 spiro atoms. The molecule has 0 aliphatic carbocycles. The van der Waals surface area contributed by atoms with E-state index in [9.17, 15) is 0 Å². The number of rotatable bonds is 2. The summed E-state index contributed by atoms with van der Waals surface area (Å²) < 4.78 is 2.16. The molecule has 1 aromatic rings. The van der Waals surface area contributed by atoms with E-state index >= 15 is 0 Å². The normalized spacial score (nSPS) is 17.5. The molecule has 15 heavy (non-hydrogen) atoms. The summed E-state index contributed by atoms with van der Waals surface area (Å²) in [6.07, 6.45) is 4.51. The average Bonchev–Trinajstić information content (AvgIpc) is 2.61. The van der Waals surface area contributed by atoms with Crippen LogP contribution in [0.1, 0.15) is 36.9 Å². The first-order valence-corrected chi connectivity index (χ1v) is 5.56. The Kier molecular flexibility index (Phi) is 4.61. The van der Waals surface area contributed by atoms with Gasteiger partial charge in [-0.3, -0.25) is 4.68 Å². The third-order valence-corrected chi connectivity index (χ3v) is 3.10. The molecule has 1 N–H and O–H groups in total. The molecule has 0 bridgehead atoms. The van der Waals surface area contributed by atoms with Gasteiger partial charge in [-0.25, -0.2) is 0 Å². The lowest BCUT2D eigenvalue weighted by Gasteiger charge is -2.24. The Morgan fingerprint density at radius 2 is 2.13 bits per heavy atom. The SMILES string of the molecule is CCn1ncc(C)c1C1CCNCC1.Cl. The van der Waals surface area contributed by atoms with Gasteiger partial charge < -0.3 is 5.32 Å². The van der Waals surface area contributed by atoms with Crippen molar-refractivity contribution >= 4 is 12.4 Å². The number of nitrogens with zero attached hydrogens (tertiary/aromatic N) is 2. The molecule has 0 unspecified atom stereocenters. The molecule has 1 saturated heterocycles. The second-order valence-corrected chi connectivity index (χ2v) is 4.05. The van der Waals surface area contributed by atoms with Crippen molar-refractivity contribution in [2.75, 3.05) is 13.1 Å². The monoisotopic (exact) mass is 229 g/mol. The van der Waals surface area contributed by atoms with Crippen LogP contribution in [-0.2, 0) is 6.54 Å². The first-order chi connectivity index (χ1) is 6.83. The number of aryl methyl sites for hydroxylation is 2.